The van der Waals surface area contributed by atoms with Gasteiger partial charge in [-0.1, -0.05) is 6.07 Å². The predicted molar refractivity (Wildman–Crippen MR) is 141 cm³/mol. The molecule has 5 rings (SSSR count). The predicted octanol–water partition coefficient (Wildman–Crippen LogP) is 4.92. The molecule has 0 spiro atoms. The van der Waals surface area contributed by atoms with Crippen molar-refractivity contribution in [3.05, 3.63) is 53.0 Å². The lowest BCUT2D eigenvalue weighted by atomic mass is 10.2. The topological polar surface area (TPSA) is 66.9 Å². The molecule has 1 saturated carbocycles. The van der Waals surface area contributed by atoms with Crippen LogP contribution in [-0.2, 0) is 0 Å². The summed E-state index contributed by atoms with van der Waals surface area (Å²) < 4.78 is 10.7. The zero-order valence-electron chi connectivity index (χ0n) is 20.5. The van der Waals surface area contributed by atoms with E-state index in [1.807, 2.05) is 37.3 Å². The van der Waals surface area contributed by atoms with Crippen LogP contribution in [0.5, 0.6) is 11.5 Å². The van der Waals surface area contributed by atoms with E-state index in [9.17, 15) is 4.79 Å². The average molecular weight is 493 g/mol. The second-order valence-electron chi connectivity index (χ2n) is 9.24. The number of methoxy groups -OCH3 is 2. The lowest BCUT2D eigenvalue weighted by molar-refractivity contribution is 0.103. The maximum atomic E-state index is 13.1. The first-order chi connectivity index (χ1) is 17.0. The Kier molecular flexibility index (Phi) is 6.92. The molecule has 1 N–H and O–H groups in total. The van der Waals surface area contributed by atoms with Crippen molar-refractivity contribution in [2.75, 3.05) is 57.2 Å². The Balaban J connectivity index is 1.26. The molecule has 8 heteroatoms. The molecule has 2 heterocycles. The maximum Gasteiger partial charge on any atom is 0.267 e. The minimum Gasteiger partial charge on any atom is -0.493 e. The summed E-state index contributed by atoms with van der Waals surface area (Å²) in [5.74, 6) is 2.08. The highest BCUT2D eigenvalue weighted by atomic mass is 32.1. The van der Waals surface area contributed by atoms with Gasteiger partial charge < -0.3 is 19.7 Å². The minimum atomic E-state index is -0.141. The third-order valence-corrected chi connectivity index (χ3v) is 7.89. The van der Waals surface area contributed by atoms with Gasteiger partial charge >= 0.3 is 0 Å². The third kappa shape index (κ3) is 5.44. The smallest absolute Gasteiger partial charge is 0.267 e. The van der Waals surface area contributed by atoms with E-state index in [0.717, 1.165) is 54.0 Å². The molecule has 0 bridgehead atoms. The van der Waals surface area contributed by atoms with Gasteiger partial charge in [0.1, 0.15) is 9.88 Å². The van der Waals surface area contributed by atoms with E-state index in [1.165, 1.54) is 30.7 Å². The van der Waals surface area contributed by atoms with Gasteiger partial charge in [-0.25, -0.2) is 4.98 Å². The number of piperazine rings is 1. The molecule has 184 valence electrons. The molecule has 2 aromatic carbocycles. The number of ether oxygens (including phenoxy) is 2. The van der Waals surface area contributed by atoms with Crippen molar-refractivity contribution in [3.63, 3.8) is 0 Å². The SMILES string of the molecule is COc1ccc(-c2nc(C)c(C(=O)Nc3cccc(N4CCN(CC5CC5)CC4)c3)s2)cc1OC. The Bertz CT molecular complexity index is 1200. The van der Waals surface area contributed by atoms with E-state index in [1.54, 1.807) is 14.2 Å². The van der Waals surface area contributed by atoms with Gasteiger partial charge in [0.25, 0.3) is 5.91 Å². The van der Waals surface area contributed by atoms with Gasteiger partial charge in [0.05, 0.1) is 19.9 Å². The summed E-state index contributed by atoms with van der Waals surface area (Å²) >= 11 is 1.38. The Morgan fingerprint density at radius 2 is 1.83 bits per heavy atom. The average Bonchev–Trinajstić information content (AvgIpc) is 3.61. The van der Waals surface area contributed by atoms with Crippen molar-refractivity contribution in [3.8, 4) is 22.1 Å². The van der Waals surface area contributed by atoms with Crippen LogP contribution in [-0.4, -0.2) is 62.7 Å². The number of carbonyl (C=O) groups is 1. The van der Waals surface area contributed by atoms with Gasteiger partial charge in [0, 0.05) is 49.7 Å². The van der Waals surface area contributed by atoms with Crippen molar-refractivity contribution in [2.24, 2.45) is 5.92 Å². The molecule has 0 atom stereocenters. The number of aryl methyl sites for hydroxylation is 1. The summed E-state index contributed by atoms with van der Waals surface area (Å²) in [4.78, 5) is 23.4. The van der Waals surface area contributed by atoms with Gasteiger partial charge in [-0.2, -0.15) is 0 Å². The van der Waals surface area contributed by atoms with Crippen LogP contribution in [0.4, 0.5) is 11.4 Å². The molecule has 3 aromatic rings. The number of nitrogens with zero attached hydrogens (tertiary/aromatic N) is 3. The van der Waals surface area contributed by atoms with Crippen molar-refractivity contribution in [2.45, 2.75) is 19.8 Å². The van der Waals surface area contributed by atoms with E-state index >= 15 is 0 Å². The molecule has 7 nitrogen and oxygen atoms in total. The molecule has 1 aromatic heterocycles. The summed E-state index contributed by atoms with van der Waals surface area (Å²) in [6, 6.07) is 13.8. The van der Waals surface area contributed by atoms with E-state index in [-0.39, 0.29) is 5.91 Å². The van der Waals surface area contributed by atoms with E-state index in [4.69, 9.17) is 9.47 Å². The molecule has 2 aliphatic rings. The molecule has 2 fully saturated rings. The van der Waals surface area contributed by atoms with Gasteiger partial charge in [0.2, 0.25) is 0 Å². The molecule has 1 aliphatic carbocycles. The van der Waals surface area contributed by atoms with Crippen LogP contribution < -0.4 is 19.7 Å². The fraction of sp³-hybridized carbons (Fsp3) is 0.407. The standard InChI is InChI=1S/C27H32N4O3S/c1-18-25(35-27(28-18)20-9-10-23(33-2)24(15-20)34-3)26(32)29-21-5-4-6-22(16-21)31-13-11-30(12-14-31)17-19-7-8-19/h4-6,9-10,15-16,19H,7-8,11-14,17H2,1-3H3,(H,29,32). The fourth-order valence-corrected chi connectivity index (χ4v) is 5.48. The first-order valence-corrected chi connectivity index (χ1v) is 12.9. The monoisotopic (exact) mass is 492 g/mol. The Labute approximate surface area is 210 Å². The van der Waals surface area contributed by atoms with Crippen LogP contribution in [0.2, 0.25) is 0 Å². The second kappa shape index (κ2) is 10.3. The summed E-state index contributed by atoms with van der Waals surface area (Å²) in [7, 11) is 3.22. The minimum absolute atomic E-state index is 0.141. The van der Waals surface area contributed by atoms with Crippen molar-refractivity contribution < 1.29 is 14.3 Å². The van der Waals surface area contributed by atoms with Crippen molar-refractivity contribution in [1.29, 1.82) is 0 Å². The largest absolute Gasteiger partial charge is 0.493 e. The highest BCUT2D eigenvalue weighted by Crippen LogP contribution is 2.35. The molecule has 35 heavy (non-hydrogen) atoms. The lowest BCUT2D eigenvalue weighted by Gasteiger charge is -2.36. The summed E-state index contributed by atoms with van der Waals surface area (Å²) in [5, 5.41) is 3.85. The number of hydrogen-bond donors (Lipinski definition) is 1. The number of carbonyl (C=O) groups excluding carboxylic acids is 1. The van der Waals surface area contributed by atoms with Crippen LogP contribution >= 0.6 is 11.3 Å². The van der Waals surface area contributed by atoms with Gasteiger partial charge in [-0.3, -0.25) is 9.69 Å². The van der Waals surface area contributed by atoms with Gasteiger partial charge in [0.15, 0.2) is 11.5 Å². The third-order valence-electron chi connectivity index (χ3n) is 6.69. The fourth-order valence-electron chi connectivity index (χ4n) is 4.52. The Hall–Kier alpha value is -3.10. The van der Waals surface area contributed by atoms with E-state index < -0.39 is 0 Å². The van der Waals surface area contributed by atoms with Crippen LogP contribution in [0.1, 0.15) is 28.2 Å². The molecule has 1 saturated heterocycles. The molecule has 1 amide bonds. The summed E-state index contributed by atoms with van der Waals surface area (Å²) in [6.45, 7) is 7.37. The number of nitrogens with one attached hydrogen (secondary N) is 1. The van der Waals surface area contributed by atoms with E-state index in [0.29, 0.717) is 22.1 Å². The Morgan fingerprint density at radius 1 is 1.06 bits per heavy atom. The lowest BCUT2D eigenvalue weighted by Crippen LogP contribution is -2.47. The number of hydrogen-bond acceptors (Lipinski definition) is 7. The summed E-state index contributed by atoms with van der Waals surface area (Å²) in [5.41, 5.74) is 3.55. The van der Waals surface area contributed by atoms with Crippen LogP contribution in [0.15, 0.2) is 42.5 Å². The second-order valence-corrected chi connectivity index (χ2v) is 10.2. The number of aromatic nitrogens is 1. The van der Waals surface area contributed by atoms with Crippen molar-refractivity contribution >= 4 is 28.6 Å². The van der Waals surface area contributed by atoms with Crippen LogP contribution in [0, 0.1) is 12.8 Å². The normalized spacial score (nSPS) is 16.3. The molecular formula is C27H32N4O3S. The van der Waals surface area contributed by atoms with Crippen LogP contribution in [0.25, 0.3) is 10.6 Å². The Morgan fingerprint density at radius 3 is 2.54 bits per heavy atom. The zero-order chi connectivity index (χ0) is 24.4. The highest BCUT2D eigenvalue weighted by molar-refractivity contribution is 7.17. The first kappa shape index (κ1) is 23.6. The summed E-state index contributed by atoms with van der Waals surface area (Å²) in [6.07, 6.45) is 2.80. The number of rotatable bonds is 8. The maximum absolute atomic E-state index is 13.1. The molecule has 0 unspecified atom stereocenters. The first-order valence-electron chi connectivity index (χ1n) is 12.1. The number of amides is 1. The quantitative estimate of drug-likeness (QED) is 0.482. The van der Waals surface area contributed by atoms with Crippen molar-refractivity contribution in [1.82, 2.24) is 9.88 Å². The number of benzene rings is 2. The zero-order valence-corrected chi connectivity index (χ0v) is 21.4. The van der Waals surface area contributed by atoms with E-state index in [2.05, 4.69) is 32.2 Å². The molecule has 0 radical (unpaired) electrons. The molecular weight excluding hydrogens is 460 g/mol. The van der Waals surface area contributed by atoms with Gasteiger partial charge in [-0.15, -0.1) is 11.3 Å². The number of anilines is 2. The highest BCUT2D eigenvalue weighted by Gasteiger charge is 2.26. The number of thiazole rings is 1. The van der Waals surface area contributed by atoms with Crippen LogP contribution in [0.3, 0.4) is 0 Å². The van der Waals surface area contributed by atoms with Gasteiger partial charge in [-0.05, 0) is 62.1 Å². The molecule has 1 aliphatic heterocycles.